The molecular weight excluding hydrogens is 400 g/mol. The summed E-state index contributed by atoms with van der Waals surface area (Å²) in [5, 5.41) is 12.2. The molecule has 0 bridgehead atoms. The van der Waals surface area contributed by atoms with Crippen molar-refractivity contribution in [3.8, 4) is 17.2 Å². The van der Waals surface area contributed by atoms with E-state index in [1.54, 1.807) is 38.4 Å². The van der Waals surface area contributed by atoms with E-state index >= 15 is 0 Å². The van der Waals surface area contributed by atoms with E-state index in [1.807, 2.05) is 18.2 Å². The normalized spacial score (nSPS) is 11.3. The molecule has 0 radical (unpaired) electrons. The van der Waals surface area contributed by atoms with Crippen LogP contribution >= 0.6 is 0 Å². The number of rotatable bonds is 6. The Morgan fingerprint density at radius 2 is 1.80 bits per heavy atom. The summed E-state index contributed by atoms with van der Waals surface area (Å²) in [7, 11) is -0.363. The second-order valence-corrected chi connectivity index (χ2v) is 9.19. The first kappa shape index (κ1) is 21.4. The lowest BCUT2D eigenvalue weighted by molar-refractivity contribution is 0.519. The molecule has 0 aliphatic rings. The van der Waals surface area contributed by atoms with Crippen LogP contribution in [0.5, 0.6) is 0 Å². The van der Waals surface area contributed by atoms with Gasteiger partial charge in [-0.15, -0.1) is 0 Å². The number of anilines is 2. The van der Waals surface area contributed by atoms with Gasteiger partial charge in [-0.3, -0.25) is 4.98 Å². The van der Waals surface area contributed by atoms with Crippen LogP contribution in [0.2, 0.25) is 0 Å². The summed E-state index contributed by atoms with van der Waals surface area (Å²) in [6, 6.07) is 11.0. The third kappa shape index (κ3) is 4.79. The van der Waals surface area contributed by atoms with Gasteiger partial charge in [0.15, 0.2) is 0 Å². The molecule has 0 saturated heterocycles. The Labute approximate surface area is 176 Å². The average Bonchev–Trinajstić information content (AvgIpc) is 2.70. The molecule has 0 amide bonds. The number of nitrogens with one attached hydrogen (secondary N) is 1. The van der Waals surface area contributed by atoms with Crippen LogP contribution in [-0.2, 0) is 15.8 Å². The highest BCUT2D eigenvalue weighted by molar-refractivity contribution is 7.88. The fourth-order valence-electron chi connectivity index (χ4n) is 2.77. The van der Waals surface area contributed by atoms with Gasteiger partial charge >= 0.3 is 0 Å². The van der Waals surface area contributed by atoms with Crippen LogP contribution in [-0.4, -0.2) is 41.8 Å². The topological polar surface area (TPSA) is 112 Å². The molecule has 3 heterocycles. The Balaban J connectivity index is 1.90. The van der Waals surface area contributed by atoms with Gasteiger partial charge in [0, 0.05) is 37.7 Å². The second kappa shape index (κ2) is 8.57. The molecule has 154 valence electrons. The Hall–Kier alpha value is -3.35. The highest BCUT2D eigenvalue weighted by Crippen LogP contribution is 2.25. The average molecular weight is 423 g/mol. The molecule has 0 fully saturated rings. The molecule has 0 atom stereocenters. The Bertz CT molecular complexity index is 1230. The smallest absolute Gasteiger partial charge is 0.217 e. The minimum Gasteiger partial charge on any atom is -0.325 e. The van der Waals surface area contributed by atoms with Crippen molar-refractivity contribution in [2.75, 3.05) is 19.4 Å². The van der Waals surface area contributed by atoms with Crippen LogP contribution in [0.15, 0.2) is 42.7 Å². The summed E-state index contributed by atoms with van der Waals surface area (Å²) in [4.78, 5) is 13.1. The van der Waals surface area contributed by atoms with E-state index in [0.717, 1.165) is 11.1 Å². The van der Waals surface area contributed by atoms with Crippen LogP contribution in [0.1, 0.15) is 22.5 Å². The highest BCUT2D eigenvalue weighted by atomic mass is 32.2. The summed E-state index contributed by atoms with van der Waals surface area (Å²) in [5.74, 6) is 1.04. The molecule has 0 aliphatic carbocycles. The van der Waals surface area contributed by atoms with Crippen LogP contribution < -0.4 is 5.32 Å². The number of aryl methyl sites for hydroxylation is 2. The summed E-state index contributed by atoms with van der Waals surface area (Å²) in [6.07, 6.45) is 3.37. The molecule has 0 saturated carbocycles. The van der Waals surface area contributed by atoms with Gasteiger partial charge in [0.05, 0.1) is 17.0 Å². The van der Waals surface area contributed by atoms with Gasteiger partial charge in [0.1, 0.15) is 17.7 Å². The van der Waals surface area contributed by atoms with Gasteiger partial charge in [-0.25, -0.2) is 22.7 Å². The molecule has 8 nitrogen and oxygen atoms in total. The minimum absolute atomic E-state index is 0.114. The van der Waals surface area contributed by atoms with E-state index in [1.165, 1.54) is 18.4 Å². The van der Waals surface area contributed by atoms with Gasteiger partial charge in [-0.05, 0) is 55.3 Å². The quantitative estimate of drug-likeness (QED) is 0.649. The van der Waals surface area contributed by atoms with E-state index in [2.05, 4.69) is 26.3 Å². The molecule has 0 unspecified atom stereocenters. The third-order valence-corrected chi connectivity index (χ3v) is 6.43. The summed E-state index contributed by atoms with van der Waals surface area (Å²) >= 11 is 0. The number of nitriles is 1. The zero-order chi connectivity index (χ0) is 21.9. The van der Waals surface area contributed by atoms with Crippen LogP contribution in [0.3, 0.4) is 0 Å². The fourth-order valence-corrected chi connectivity index (χ4v) is 3.71. The summed E-state index contributed by atoms with van der Waals surface area (Å²) in [6.45, 7) is 3.57. The zero-order valence-corrected chi connectivity index (χ0v) is 18.0. The van der Waals surface area contributed by atoms with Crippen molar-refractivity contribution < 1.29 is 8.42 Å². The van der Waals surface area contributed by atoms with E-state index in [9.17, 15) is 8.42 Å². The Morgan fingerprint density at radius 3 is 2.47 bits per heavy atom. The van der Waals surface area contributed by atoms with Crippen LogP contribution in [0, 0.1) is 25.2 Å². The van der Waals surface area contributed by atoms with Gasteiger partial charge in [0.25, 0.3) is 0 Å². The Morgan fingerprint density at radius 1 is 1.03 bits per heavy atom. The number of pyridine rings is 3. The van der Waals surface area contributed by atoms with Gasteiger partial charge in [-0.1, -0.05) is 0 Å². The van der Waals surface area contributed by atoms with Crippen molar-refractivity contribution in [1.29, 1.82) is 5.26 Å². The number of sulfonamides is 1. The number of hydrogen-bond donors (Lipinski definition) is 1. The van der Waals surface area contributed by atoms with E-state index in [4.69, 9.17) is 5.26 Å². The van der Waals surface area contributed by atoms with Crippen molar-refractivity contribution in [1.82, 2.24) is 19.3 Å². The molecule has 9 heteroatoms. The fraction of sp³-hybridized carbons (Fsp3) is 0.238. The first-order valence-corrected chi connectivity index (χ1v) is 10.8. The summed E-state index contributed by atoms with van der Waals surface area (Å²) in [5.41, 5.74) is 4.11. The van der Waals surface area contributed by atoms with Crippen molar-refractivity contribution >= 4 is 21.7 Å². The molecule has 30 heavy (non-hydrogen) atoms. The largest absolute Gasteiger partial charge is 0.325 e. The lowest BCUT2D eigenvalue weighted by atomic mass is 10.1. The second-order valence-electron chi connectivity index (χ2n) is 7.00. The standard InChI is InChI=1S/C21H22N6O2S/c1-14-19(13-30(28,29)27(3)4)9-18(12-24-14)16-7-8-23-21(10-16)26-20-6-5-17(11-22)15(2)25-20/h5-10,12H,13H2,1-4H3,(H,23,25,26). The molecule has 0 aliphatic heterocycles. The van der Waals surface area contributed by atoms with E-state index in [-0.39, 0.29) is 5.75 Å². The first-order valence-electron chi connectivity index (χ1n) is 9.16. The van der Waals surface area contributed by atoms with Crippen molar-refractivity contribution in [2.45, 2.75) is 19.6 Å². The highest BCUT2D eigenvalue weighted by Gasteiger charge is 2.17. The predicted molar refractivity (Wildman–Crippen MR) is 115 cm³/mol. The van der Waals surface area contributed by atoms with Crippen LogP contribution in [0.4, 0.5) is 11.6 Å². The zero-order valence-electron chi connectivity index (χ0n) is 17.2. The lowest BCUT2D eigenvalue weighted by Crippen LogP contribution is -2.24. The lowest BCUT2D eigenvalue weighted by Gasteiger charge is -2.14. The van der Waals surface area contributed by atoms with Crippen molar-refractivity contribution in [3.63, 3.8) is 0 Å². The number of aromatic nitrogens is 3. The summed E-state index contributed by atoms with van der Waals surface area (Å²) < 4.78 is 25.8. The van der Waals surface area contributed by atoms with Gasteiger partial charge in [0.2, 0.25) is 10.0 Å². The third-order valence-electron chi connectivity index (χ3n) is 4.64. The SMILES string of the molecule is Cc1nc(Nc2cc(-c3cnc(C)c(CS(=O)(=O)N(C)C)c3)ccn2)ccc1C#N. The van der Waals surface area contributed by atoms with Gasteiger partial charge < -0.3 is 5.32 Å². The van der Waals surface area contributed by atoms with Crippen molar-refractivity contribution in [2.24, 2.45) is 0 Å². The molecule has 1 N–H and O–H groups in total. The molecule has 0 aromatic carbocycles. The monoisotopic (exact) mass is 422 g/mol. The molecular formula is C21H22N6O2S. The number of nitrogens with zero attached hydrogens (tertiary/aromatic N) is 5. The predicted octanol–water partition coefficient (Wildman–Crippen LogP) is 3.16. The maximum Gasteiger partial charge on any atom is 0.217 e. The minimum atomic E-state index is -3.39. The maximum absolute atomic E-state index is 12.3. The van der Waals surface area contributed by atoms with Crippen LogP contribution in [0.25, 0.3) is 11.1 Å². The van der Waals surface area contributed by atoms with E-state index < -0.39 is 10.0 Å². The molecule has 3 rings (SSSR count). The van der Waals surface area contributed by atoms with E-state index in [0.29, 0.717) is 34.2 Å². The Kier molecular flexibility index (Phi) is 6.10. The molecule has 0 spiro atoms. The number of hydrogen-bond acceptors (Lipinski definition) is 7. The maximum atomic E-state index is 12.3. The van der Waals surface area contributed by atoms with Crippen molar-refractivity contribution in [3.05, 3.63) is 65.2 Å². The molecule has 3 aromatic heterocycles. The first-order chi connectivity index (χ1) is 14.2. The van der Waals surface area contributed by atoms with Gasteiger partial charge in [-0.2, -0.15) is 5.26 Å². The molecule has 3 aromatic rings.